The Morgan fingerprint density at radius 1 is 1.04 bits per heavy atom. The molecule has 0 saturated heterocycles. The summed E-state index contributed by atoms with van der Waals surface area (Å²) in [5, 5.41) is 15.9. The van der Waals surface area contributed by atoms with Gasteiger partial charge in [0.15, 0.2) is 0 Å². The summed E-state index contributed by atoms with van der Waals surface area (Å²) in [7, 11) is 0. The van der Waals surface area contributed by atoms with Gasteiger partial charge in [0, 0.05) is 29.3 Å². The number of aromatic amines is 1. The third-order valence-electron chi connectivity index (χ3n) is 3.66. The van der Waals surface area contributed by atoms with Crippen molar-refractivity contribution in [2.24, 2.45) is 0 Å². The molecule has 0 aliphatic heterocycles. The first-order chi connectivity index (χ1) is 11.6. The van der Waals surface area contributed by atoms with Crippen molar-refractivity contribution < 1.29 is 14.7 Å². The molecule has 2 aromatic carbocycles. The molecule has 0 spiro atoms. The van der Waals surface area contributed by atoms with Crippen molar-refractivity contribution in [2.75, 3.05) is 11.9 Å². The Labute approximate surface area is 138 Å². The van der Waals surface area contributed by atoms with E-state index in [1.165, 1.54) is 0 Å². The number of amides is 2. The van der Waals surface area contributed by atoms with Crippen molar-refractivity contribution in [1.29, 1.82) is 0 Å². The summed E-state index contributed by atoms with van der Waals surface area (Å²) in [6.07, 6.45) is 0.938. The summed E-state index contributed by atoms with van der Waals surface area (Å²) in [6, 6.07) is 16.1. The van der Waals surface area contributed by atoms with Gasteiger partial charge in [-0.1, -0.05) is 30.3 Å². The van der Waals surface area contributed by atoms with Crippen LogP contribution in [0.15, 0.2) is 60.8 Å². The SMILES string of the molecule is O=C(NCC(O)c1ccccc1)C(=O)Nc1ccc2[nH]ccc2c1. The summed E-state index contributed by atoms with van der Waals surface area (Å²) < 4.78 is 0. The molecule has 0 aliphatic rings. The second-order valence-electron chi connectivity index (χ2n) is 5.37. The van der Waals surface area contributed by atoms with E-state index in [1.54, 1.807) is 42.6 Å². The van der Waals surface area contributed by atoms with Gasteiger partial charge >= 0.3 is 11.8 Å². The number of aliphatic hydroxyl groups is 1. The van der Waals surface area contributed by atoms with Crippen molar-refractivity contribution in [3.8, 4) is 0 Å². The number of hydrogen-bond donors (Lipinski definition) is 4. The molecule has 6 nitrogen and oxygen atoms in total. The van der Waals surface area contributed by atoms with Crippen LogP contribution in [-0.2, 0) is 9.59 Å². The second-order valence-corrected chi connectivity index (χ2v) is 5.37. The van der Waals surface area contributed by atoms with E-state index in [0.717, 1.165) is 10.9 Å². The third-order valence-corrected chi connectivity index (χ3v) is 3.66. The fraction of sp³-hybridized carbons (Fsp3) is 0.111. The zero-order valence-electron chi connectivity index (χ0n) is 12.8. The van der Waals surface area contributed by atoms with Crippen LogP contribution in [0.2, 0.25) is 0 Å². The molecule has 3 rings (SSSR count). The predicted molar refractivity (Wildman–Crippen MR) is 91.3 cm³/mol. The quantitative estimate of drug-likeness (QED) is 0.553. The van der Waals surface area contributed by atoms with Crippen LogP contribution in [0.5, 0.6) is 0 Å². The van der Waals surface area contributed by atoms with E-state index >= 15 is 0 Å². The van der Waals surface area contributed by atoms with E-state index in [0.29, 0.717) is 11.3 Å². The zero-order chi connectivity index (χ0) is 16.9. The van der Waals surface area contributed by atoms with Crippen molar-refractivity contribution in [1.82, 2.24) is 10.3 Å². The standard InChI is InChI=1S/C18H17N3O3/c22-16(12-4-2-1-3-5-12)11-20-17(23)18(24)21-14-6-7-15-13(10-14)8-9-19-15/h1-10,16,19,22H,11H2,(H,20,23)(H,21,24). The van der Waals surface area contributed by atoms with Crippen LogP contribution < -0.4 is 10.6 Å². The van der Waals surface area contributed by atoms with Gasteiger partial charge in [-0.15, -0.1) is 0 Å². The number of benzene rings is 2. The average Bonchev–Trinajstić information content (AvgIpc) is 3.07. The number of rotatable bonds is 4. The van der Waals surface area contributed by atoms with Gasteiger partial charge in [-0.2, -0.15) is 0 Å². The molecule has 0 fully saturated rings. The third kappa shape index (κ3) is 3.61. The van der Waals surface area contributed by atoms with Crippen LogP contribution in [0.4, 0.5) is 5.69 Å². The lowest BCUT2D eigenvalue weighted by Gasteiger charge is -2.12. The summed E-state index contributed by atoms with van der Waals surface area (Å²) in [4.78, 5) is 26.8. The summed E-state index contributed by atoms with van der Waals surface area (Å²) in [5.74, 6) is -1.57. The van der Waals surface area contributed by atoms with Gasteiger partial charge in [-0.3, -0.25) is 9.59 Å². The monoisotopic (exact) mass is 323 g/mol. The van der Waals surface area contributed by atoms with Gasteiger partial charge in [0.2, 0.25) is 0 Å². The smallest absolute Gasteiger partial charge is 0.313 e. The van der Waals surface area contributed by atoms with Crippen molar-refractivity contribution in [3.05, 3.63) is 66.4 Å². The van der Waals surface area contributed by atoms with Crippen LogP contribution in [0.25, 0.3) is 10.9 Å². The van der Waals surface area contributed by atoms with Gasteiger partial charge in [0.05, 0.1) is 6.10 Å². The lowest BCUT2D eigenvalue weighted by Crippen LogP contribution is -2.37. The van der Waals surface area contributed by atoms with E-state index in [2.05, 4.69) is 15.6 Å². The van der Waals surface area contributed by atoms with Gasteiger partial charge in [0.25, 0.3) is 0 Å². The maximum Gasteiger partial charge on any atom is 0.313 e. The minimum Gasteiger partial charge on any atom is -0.387 e. The largest absolute Gasteiger partial charge is 0.387 e. The number of carbonyl (C=O) groups is 2. The minimum absolute atomic E-state index is 0.0346. The molecular weight excluding hydrogens is 306 g/mol. The number of aliphatic hydroxyl groups excluding tert-OH is 1. The highest BCUT2D eigenvalue weighted by Gasteiger charge is 2.16. The topological polar surface area (TPSA) is 94.2 Å². The molecule has 24 heavy (non-hydrogen) atoms. The van der Waals surface area contributed by atoms with Crippen LogP contribution in [0, 0.1) is 0 Å². The first kappa shape index (κ1) is 15.8. The Hall–Kier alpha value is -3.12. The molecule has 0 radical (unpaired) electrons. The van der Waals surface area contributed by atoms with E-state index in [4.69, 9.17) is 0 Å². The van der Waals surface area contributed by atoms with Crippen molar-refractivity contribution in [2.45, 2.75) is 6.10 Å². The number of hydrogen-bond acceptors (Lipinski definition) is 3. The number of carbonyl (C=O) groups excluding carboxylic acids is 2. The van der Waals surface area contributed by atoms with Crippen LogP contribution in [0.3, 0.4) is 0 Å². The molecule has 2 amide bonds. The minimum atomic E-state index is -0.862. The van der Waals surface area contributed by atoms with Gasteiger partial charge in [-0.05, 0) is 29.8 Å². The molecule has 0 saturated carbocycles. The van der Waals surface area contributed by atoms with E-state index < -0.39 is 17.9 Å². The Balaban J connectivity index is 1.55. The molecule has 1 atom stereocenters. The summed E-state index contributed by atoms with van der Waals surface area (Å²) in [6.45, 7) is -0.0346. The highest BCUT2D eigenvalue weighted by atomic mass is 16.3. The number of H-pyrrole nitrogens is 1. The van der Waals surface area contributed by atoms with E-state index in [9.17, 15) is 14.7 Å². The van der Waals surface area contributed by atoms with Gasteiger partial charge in [-0.25, -0.2) is 0 Å². The lowest BCUT2D eigenvalue weighted by atomic mass is 10.1. The fourth-order valence-corrected chi connectivity index (χ4v) is 2.38. The normalized spacial score (nSPS) is 11.9. The highest BCUT2D eigenvalue weighted by molar-refractivity contribution is 6.39. The Morgan fingerprint density at radius 2 is 1.83 bits per heavy atom. The number of aromatic nitrogens is 1. The number of nitrogens with one attached hydrogen (secondary N) is 3. The van der Waals surface area contributed by atoms with Gasteiger partial charge < -0.3 is 20.7 Å². The number of fused-ring (bicyclic) bond motifs is 1. The highest BCUT2D eigenvalue weighted by Crippen LogP contribution is 2.17. The zero-order valence-corrected chi connectivity index (χ0v) is 12.8. The summed E-state index contributed by atoms with van der Waals surface area (Å²) >= 11 is 0. The lowest BCUT2D eigenvalue weighted by molar-refractivity contribution is -0.136. The summed E-state index contributed by atoms with van der Waals surface area (Å²) in [5.41, 5.74) is 2.16. The average molecular weight is 323 g/mol. The van der Waals surface area contributed by atoms with Gasteiger partial charge in [0.1, 0.15) is 0 Å². The molecule has 1 aromatic heterocycles. The first-order valence-corrected chi connectivity index (χ1v) is 7.53. The molecule has 3 aromatic rings. The molecule has 0 bridgehead atoms. The Morgan fingerprint density at radius 3 is 2.62 bits per heavy atom. The molecule has 4 N–H and O–H groups in total. The van der Waals surface area contributed by atoms with Crippen molar-refractivity contribution in [3.63, 3.8) is 0 Å². The molecule has 122 valence electrons. The molecule has 6 heteroatoms. The number of anilines is 1. The fourth-order valence-electron chi connectivity index (χ4n) is 2.38. The first-order valence-electron chi connectivity index (χ1n) is 7.53. The van der Waals surface area contributed by atoms with E-state index in [-0.39, 0.29) is 6.54 Å². The molecule has 1 heterocycles. The Bertz CT molecular complexity index is 858. The second kappa shape index (κ2) is 6.97. The maximum atomic E-state index is 11.9. The maximum absolute atomic E-state index is 11.9. The van der Waals surface area contributed by atoms with Crippen LogP contribution >= 0.6 is 0 Å². The molecule has 0 aliphatic carbocycles. The predicted octanol–water partition coefficient (Wildman–Crippen LogP) is 1.96. The van der Waals surface area contributed by atoms with Crippen molar-refractivity contribution >= 4 is 28.4 Å². The molecule has 1 unspecified atom stereocenters. The van der Waals surface area contributed by atoms with E-state index in [1.807, 2.05) is 18.2 Å². The van der Waals surface area contributed by atoms with Crippen LogP contribution in [-0.4, -0.2) is 28.4 Å². The van der Waals surface area contributed by atoms with Crippen LogP contribution in [0.1, 0.15) is 11.7 Å². The Kier molecular flexibility index (Phi) is 4.58. The molecular formula is C18H17N3O3.